The van der Waals surface area contributed by atoms with E-state index in [2.05, 4.69) is 41.1 Å². The maximum absolute atomic E-state index is 12.9. The molecule has 5 rings (SSSR count). The Morgan fingerprint density at radius 3 is 2.41 bits per heavy atom. The summed E-state index contributed by atoms with van der Waals surface area (Å²) in [5, 5.41) is 7.48. The maximum atomic E-state index is 12.9. The zero-order valence-electron chi connectivity index (χ0n) is 21.7. The third-order valence-electron chi connectivity index (χ3n) is 6.62. The van der Waals surface area contributed by atoms with Crippen molar-refractivity contribution in [1.82, 2.24) is 29.7 Å². The van der Waals surface area contributed by atoms with Crippen molar-refractivity contribution in [2.24, 2.45) is 0 Å². The zero-order valence-corrected chi connectivity index (χ0v) is 21.7. The number of rotatable bonds is 6. The summed E-state index contributed by atoms with van der Waals surface area (Å²) in [6.45, 7) is 3.96. The van der Waals surface area contributed by atoms with Crippen molar-refractivity contribution in [2.75, 3.05) is 50.5 Å². The van der Waals surface area contributed by atoms with Gasteiger partial charge in [-0.2, -0.15) is 13.8 Å². The summed E-state index contributed by atoms with van der Waals surface area (Å²) in [4.78, 5) is 41.9. The van der Waals surface area contributed by atoms with E-state index in [9.17, 15) is 18.1 Å². The minimum absolute atomic E-state index is 0.00502. The number of nitrogens with zero attached hydrogens (tertiary/aromatic N) is 6. The predicted octanol–water partition coefficient (Wildman–Crippen LogP) is 3.48. The quantitative estimate of drug-likeness (QED) is 0.477. The van der Waals surface area contributed by atoms with E-state index in [0.29, 0.717) is 23.5 Å². The number of piperazine rings is 1. The number of carbonyl (C=O) groups is 2. The molecule has 11 nitrogen and oxygen atoms in total. The first-order valence-electron chi connectivity index (χ1n) is 12.7. The van der Waals surface area contributed by atoms with Gasteiger partial charge in [-0.15, -0.1) is 0 Å². The Labute approximate surface area is 223 Å². The summed E-state index contributed by atoms with van der Waals surface area (Å²) >= 11 is 0. The summed E-state index contributed by atoms with van der Waals surface area (Å²) in [5.74, 6) is -0.970. The number of alkyl halides is 2. The van der Waals surface area contributed by atoms with Crippen LogP contribution in [0.5, 0.6) is 0 Å². The molecule has 1 aliphatic carbocycles. The number of anilines is 3. The minimum Gasteiger partial charge on any atom is -0.368 e. The highest BCUT2D eigenvalue weighted by molar-refractivity contribution is 5.97. The van der Waals surface area contributed by atoms with Crippen molar-refractivity contribution in [3.05, 3.63) is 36.3 Å². The van der Waals surface area contributed by atoms with Gasteiger partial charge < -0.3 is 25.0 Å². The van der Waals surface area contributed by atoms with Crippen molar-refractivity contribution in [1.29, 1.82) is 0 Å². The van der Waals surface area contributed by atoms with Crippen molar-refractivity contribution < 1.29 is 27.8 Å². The molecule has 2 fully saturated rings. The van der Waals surface area contributed by atoms with Gasteiger partial charge in [0.2, 0.25) is 5.95 Å². The molecule has 2 N–H and O–H groups in total. The van der Waals surface area contributed by atoms with Crippen LogP contribution in [0.25, 0.3) is 11.0 Å². The van der Waals surface area contributed by atoms with E-state index in [1.54, 1.807) is 25.2 Å². The highest BCUT2D eigenvalue weighted by Gasteiger charge is 2.26. The molecule has 1 amide bonds. The number of hydrogen-bond donors (Lipinski definition) is 2. The Hall–Kier alpha value is -3.94. The Morgan fingerprint density at radius 2 is 1.85 bits per heavy atom. The zero-order chi connectivity index (χ0) is 27.9. The number of halogens is 3. The van der Waals surface area contributed by atoms with Crippen LogP contribution in [0.15, 0.2) is 30.6 Å². The van der Waals surface area contributed by atoms with Gasteiger partial charge in [0.05, 0.1) is 11.9 Å². The average molecular weight is 549 g/mol. The Balaban J connectivity index is 0.000000448. The van der Waals surface area contributed by atoms with Gasteiger partial charge in [-0.1, -0.05) is 12.8 Å². The molecule has 1 saturated heterocycles. The molecule has 0 atom stereocenters. The van der Waals surface area contributed by atoms with Gasteiger partial charge in [0.15, 0.2) is 0 Å². The van der Waals surface area contributed by atoms with Crippen molar-refractivity contribution in [3.8, 4) is 0 Å². The van der Waals surface area contributed by atoms with Gasteiger partial charge in [-0.3, -0.25) is 4.79 Å². The van der Waals surface area contributed by atoms with E-state index in [-0.39, 0.29) is 5.91 Å². The molecule has 4 heterocycles. The molecule has 14 heteroatoms. The van der Waals surface area contributed by atoms with Crippen LogP contribution in [-0.4, -0.2) is 83.0 Å². The maximum Gasteiger partial charge on any atom is 0.414 e. The van der Waals surface area contributed by atoms with Crippen LogP contribution in [0.1, 0.15) is 42.2 Å². The second-order valence-electron chi connectivity index (χ2n) is 9.47. The van der Waals surface area contributed by atoms with Gasteiger partial charge in [0, 0.05) is 62.4 Å². The lowest BCUT2D eigenvalue weighted by Gasteiger charge is -2.29. The van der Waals surface area contributed by atoms with Gasteiger partial charge in [-0.05, 0) is 31.0 Å². The summed E-state index contributed by atoms with van der Waals surface area (Å²) in [5.41, 5.74) is 2.61. The topological polar surface area (TPSA) is 118 Å². The lowest BCUT2D eigenvalue weighted by molar-refractivity contribution is -0.196. The molecule has 39 heavy (non-hydrogen) atoms. The normalized spacial score (nSPS) is 15.7. The van der Waals surface area contributed by atoms with Crippen molar-refractivity contribution in [3.63, 3.8) is 0 Å². The molecular weight excluding hydrogens is 517 g/mol. The van der Waals surface area contributed by atoms with Crippen LogP contribution < -0.4 is 15.5 Å². The third-order valence-corrected chi connectivity index (χ3v) is 6.62. The standard InChI is InChI=1S/C23H30N8O.C2HF3O2/c1-29(2)22(32)19-13-16-14-26-23(28-21(16)31(19)17-5-3-4-6-17)27-20-8-7-18(15-25-20)30-11-9-24-10-12-30;3-1(4)2(6)7-5/h7-8,13-15,17,24H,3-6,9-12H2,1-2H3,(H,25,26,27,28);1H. The second-order valence-corrected chi connectivity index (χ2v) is 9.47. The fourth-order valence-electron chi connectivity index (χ4n) is 4.71. The molecule has 3 aromatic heterocycles. The molecule has 1 saturated carbocycles. The van der Waals surface area contributed by atoms with Crippen LogP contribution >= 0.6 is 0 Å². The number of fused-ring (bicyclic) bond motifs is 1. The lowest BCUT2D eigenvalue weighted by atomic mass is 10.2. The van der Waals surface area contributed by atoms with Crippen molar-refractivity contribution >= 4 is 40.4 Å². The van der Waals surface area contributed by atoms with E-state index in [0.717, 1.165) is 55.7 Å². The van der Waals surface area contributed by atoms with Crippen LogP contribution in [-0.2, 0) is 9.74 Å². The first-order valence-corrected chi connectivity index (χ1v) is 12.7. The predicted molar refractivity (Wildman–Crippen MR) is 139 cm³/mol. The largest absolute Gasteiger partial charge is 0.414 e. The number of nitrogens with one attached hydrogen (secondary N) is 2. The number of aromatic nitrogens is 4. The molecule has 1 aliphatic heterocycles. The van der Waals surface area contributed by atoms with Crippen LogP contribution in [0.3, 0.4) is 0 Å². The molecule has 3 aromatic rings. The molecule has 0 aromatic carbocycles. The molecule has 0 unspecified atom stereocenters. The fraction of sp³-hybridized carbons (Fsp3) is 0.480. The van der Waals surface area contributed by atoms with Crippen molar-refractivity contribution in [2.45, 2.75) is 38.2 Å². The first kappa shape index (κ1) is 28.1. The van der Waals surface area contributed by atoms with Gasteiger partial charge in [0.1, 0.15) is 17.2 Å². The molecule has 2 aliphatic rings. The Morgan fingerprint density at radius 1 is 1.13 bits per heavy atom. The summed E-state index contributed by atoms with van der Waals surface area (Å²) < 4.78 is 33.9. The van der Waals surface area contributed by atoms with Crippen LogP contribution in [0.4, 0.5) is 30.8 Å². The molecular formula is C25H31F3N8O3. The highest BCUT2D eigenvalue weighted by atomic mass is 19.3. The van der Waals surface area contributed by atoms with Gasteiger partial charge in [0.25, 0.3) is 5.91 Å². The number of amides is 1. The van der Waals surface area contributed by atoms with Crippen LogP contribution in [0.2, 0.25) is 0 Å². The molecule has 0 bridgehead atoms. The summed E-state index contributed by atoms with van der Waals surface area (Å²) in [6.07, 6.45) is 4.81. The highest BCUT2D eigenvalue weighted by Crippen LogP contribution is 2.35. The monoisotopic (exact) mass is 548 g/mol. The van der Waals surface area contributed by atoms with E-state index in [4.69, 9.17) is 9.78 Å². The van der Waals surface area contributed by atoms with E-state index < -0.39 is 12.4 Å². The van der Waals surface area contributed by atoms with E-state index in [1.807, 2.05) is 18.3 Å². The molecule has 0 spiro atoms. The Kier molecular flexibility index (Phi) is 9.17. The number of hydrogen-bond acceptors (Lipinski definition) is 9. The van der Waals surface area contributed by atoms with Gasteiger partial charge in [-0.25, -0.2) is 19.7 Å². The van der Waals surface area contributed by atoms with E-state index in [1.165, 1.54) is 12.8 Å². The number of pyridine rings is 1. The fourth-order valence-corrected chi connectivity index (χ4v) is 4.71. The lowest BCUT2D eigenvalue weighted by Crippen LogP contribution is -2.43. The smallest absolute Gasteiger partial charge is 0.368 e. The van der Waals surface area contributed by atoms with Crippen LogP contribution in [0, 0.1) is 0 Å². The molecule has 210 valence electrons. The Bertz CT molecular complexity index is 1270. The second kappa shape index (κ2) is 12.7. The minimum atomic E-state index is -3.37. The third kappa shape index (κ3) is 6.74. The SMILES string of the molecule is CN(C)C(=O)c1cc2cnc(Nc3ccc(N4CCNCC4)cn3)nc2n1C1CCCC1.O=C(OF)C(F)F. The summed E-state index contributed by atoms with van der Waals surface area (Å²) in [6, 6.07) is 6.25. The first-order chi connectivity index (χ1) is 18.8. The number of carbonyl (C=O) groups excluding carboxylic acids is 2. The molecule has 0 radical (unpaired) electrons. The average Bonchev–Trinajstić information content (AvgIpc) is 3.61. The van der Waals surface area contributed by atoms with E-state index >= 15 is 0 Å². The van der Waals surface area contributed by atoms with Gasteiger partial charge >= 0.3 is 12.4 Å². The summed E-state index contributed by atoms with van der Waals surface area (Å²) in [7, 11) is 3.57.